The molecule has 1 aliphatic heterocycles. The number of thioether (sulfide) groups is 1. The lowest BCUT2D eigenvalue weighted by Gasteiger charge is -2.08. The van der Waals surface area contributed by atoms with Crippen molar-refractivity contribution < 1.29 is 14.0 Å². The van der Waals surface area contributed by atoms with E-state index in [1.165, 1.54) is 24.2 Å². The largest absolute Gasteiger partial charge is 0.463 e. The predicted octanol–water partition coefficient (Wildman–Crippen LogP) is 3.09. The number of hydrogen-bond acceptors (Lipinski definition) is 6. The second-order valence-electron chi connectivity index (χ2n) is 5.71. The highest BCUT2D eigenvalue weighted by atomic mass is 32.2. The Morgan fingerprint density at radius 1 is 1.36 bits per heavy atom. The Bertz CT molecular complexity index is 856. The summed E-state index contributed by atoms with van der Waals surface area (Å²) in [5.41, 5.74) is 2.59. The van der Waals surface area contributed by atoms with E-state index in [1.807, 2.05) is 32.0 Å². The molecule has 1 N–H and O–H groups in total. The van der Waals surface area contributed by atoms with E-state index in [2.05, 4.69) is 15.5 Å². The molecule has 1 aliphatic rings. The molecule has 1 saturated heterocycles. The van der Waals surface area contributed by atoms with Gasteiger partial charge in [0.15, 0.2) is 11.0 Å². The number of furan rings is 1. The van der Waals surface area contributed by atoms with Crippen LogP contribution in [0.4, 0.5) is 0 Å². The number of ketones is 1. The molecule has 0 spiro atoms. The molecule has 0 bridgehead atoms. The number of benzene rings is 1. The Balaban J connectivity index is 1.64. The fourth-order valence-corrected chi connectivity index (χ4v) is 3.33. The van der Waals surface area contributed by atoms with Gasteiger partial charge in [0.1, 0.15) is 5.76 Å². The molecule has 1 aromatic carbocycles. The van der Waals surface area contributed by atoms with Crippen LogP contribution < -0.4 is 5.32 Å². The Hall–Kier alpha value is -2.67. The minimum absolute atomic E-state index is 0.0470. The smallest absolute Gasteiger partial charge is 0.240 e. The second kappa shape index (κ2) is 7.48. The van der Waals surface area contributed by atoms with E-state index in [0.29, 0.717) is 16.5 Å². The Kier molecular flexibility index (Phi) is 5.14. The molecule has 6 nitrogen and oxygen atoms in total. The van der Waals surface area contributed by atoms with Gasteiger partial charge in [-0.25, -0.2) is 0 Å². The average molecular weight is 355 g/mol. The lowest BCUT2D eigenvalue weighted by Crippen LogP contribution is -2.26. The summed E-state index contributed by atoms with van der Waals surface area (Å²) >= 11 is 1.21. The second-order valence-corrected chi connectivity index (χ2v) is 6.90. The van der Waals surface area contributed by atoms with E-state index in [1.54, 1.807) is 12.1 Å². The van der Waals surface area contributed by atoms with Gasteiger partial charge in [-0.05, 0) is 37.6 Å². The SMILES string of the molecule is Cc1ccc(C)c(C(=O)CC2S/C(=N\N=C\c3ccco3)NC2=O)c1. The minimum atomic E-state index is -0.495. The fraction of sp³-hybridized carbons (Fsp3) is 0.222. The predicted molar refractivity (Wildman–Crippen MR) is 98.1 cm³/mol. The van der Waals surface area contributed by atoms with Crippen LogP contribution in [-0.4, -0.2) is 28.3 Å². The molecule has 7 heteroatoms. The Morgan fingerprint density at radius 3 is 2.96 bits per heavy atom. The van der Waals surface area contributed by atoms with Crippen molar-refractivity contribution in [2.45, 2.75) is 25.5 Å². The van der Waals surface area contributed by atoms with Crippen molar-refractivity contribution in [2.24, 2.45) is 10.2 Å². The van der Waals surface area contributed by atoms with Crippen molar-refractivity contribution in [3.05, 3.63) is 59.0 Å². The monoisotopic (exact) mass is 355 g/mol. The highest BCUT2D eigenvalue weighted by Gasteiger charge is 2.32. The van der Waals surface area contributed by atoms with E-state index in [0.717, 1.165) is 11.1 Å². The number of amidine groups is 1. The molecule has 3 rings (SSSR count). The van der Waals surface area contributed by atoms with Crippen molar-refractivity contribution in [2.75, 3.05) is 0 Å². The summed E-state index contributed by atoms with van der Waals surface area (Å²) in [6.45, 7) is 3.83. The van der Waals surface area contributed by atoms with Crippen LogP contribution in [0.15, 0.2) is 51.2 Å². The van der Waals surface area contributed by atoms with Crippen molar-refractivity contribution in [3.8, 4) is 0 Å². The first kappa shape index (κ1) is 17.2. The summed E-state index contributed by atoms with van der Waals surface area (Å²) in [6, 6.07) is 9.23. The first-order valence-corrected chi connectivity index (χ1v) is 8.63. The van der Waals surface area contributed by atoms with Gasteiger partial charge < -0.3 is 9.73 Å². The quantitative estimate of drug-likeness (QED) is 0.507. The highest BCUT2D eigenvalue weighted by Crippen LogP contribution is 2.25. The molecule has 0 radical (unpaired) electrons. The standard InChI is InChI=1S/C18H17N3O3S/c1-11-5-6-12(2)14(8-11)15(22)9-16-17(23)20-18(25-16)21-19-10-13-4-3-7-24-13/h3-8,10,16H,9H2,1-2H3,(H,20,21,23)/b19-10+. The molecule has 25 heavy (non-hydrogen) atoms. The van der Waals surface area contributed by atoms with E-state index in [-0.39, 0.29) is 18.1 Å². The third-order valence-electron chi connectivity index (χ3n) is 3.72. The molecule has 128 valence electrons. The molecule has 1 amide bonds. The summed E-state index contributed by atoms with van der Waals surface area (Å²) in [6.07, 6.45) is 3.12. The molecule has 2 heterocycles. The third kappa shape index (κ3) is 4.24. The van der Waals surface area contributed by atoms with Gasteiger partial charge in [-0.2, -0.15) is 5.10 Å². The topological polar surface area (TPSA) is 84.0 Å². The summed E-state index contributed by atoms with van der Waals surface area (Å²) in [5, 5.41) is 10.4. The maximum atomic E-state index is 12.5. The number of carbonyl (C=O) groups excluding carboxylic acids is 2. The van der Waals surface area contributed by atoms with Gasteiger partial charge in [0.2, 0.25) is 5.91 Å². The molecule has 1 fully saturated rings. The van der Waals surface area contributed by atoms with Crippen molar-refractivity contribution in [3.63, 3.8) is 0 Å². The van der Waals surface area contributed by atoms with Crippen LogP contribution in [0.1, 0.15) is 33.7 Å². The first-order valence-electron chi connectivity index (χ1n) is 7.75. The van der Waals surface area contributed by atoms with Crippen LogP contribution in [0.2, 0.25) is 0 Å². The van der Waals surface area contributed by atoms with Gasteiger partial charge in [-0.15, -0.1) is 5.10 Å². The van der Waals surface area contributed by atoms with E-state index in [4.69, 9.17) is 4.42 Å². The van der Waals surface area contributed by atoms with Gasteiger partial charge in [0, 0.05) is 12.0 Å². The Labute approximate surface area is 149 Å². The normalized spacial score (nSPS) is 18.9. The molecular weight excluding hydrogens is 338 g/mol. The maximum Gasteiger partial charge on any atom is 0.240 e. The summed E-state index contributed by atoms with van der Waals surface area (Å²) in [5.74, 6) is 0.296. The highest BCUT2D eigenvalue weighted by molar-refractivity contribution is 8.15. The van der Waals surface area contributed by atoms with Crippen LogP contribution in [-0.2, 0) is 4.79 Å². The molecule has 1 atom stereocenters. The zero-order chi connectivity index (χ0) is 17.8. The lowest BCUT2D eigenvalue weighted by molar-refractivity contribution is -0.118. The molecule has 0 saturated carbocycles. The molecule has 0 aliphatic carbocycles. The van der Waals surface area contributed by atoms with Crippen LogP contribution in [0, 0.1) is 13.8 Å². The van der Waals surface area contributed by atoms with Crippen LogP contribution in [0.5, 0.6) is 0 Å². The van der Waals surface area contributed by atoms with E-state index >= 15 is 0 Å². The van der Waals surface area contributed by atoms with Gasteiger partial charge in [0.05, 0.1) is 17.7 Å². The van der Waals surface area contributed by atoms with Crippen molar-refractivity contribution >= 4 is 34.8 Å². The first-order chi connectivity index (χ1) is 12.0. The van der Waals surface area contributed by atoms with Crippen LogP contribution in [0.3, 0.4) is 0 Å². The van der Waals surface area contributed by atoms with E-state index < -0.39 is 5.25 Å². The molecular formula is C18H17N3O3S. The number of aryl methyl sites for hydroxylation is 2. The number of Topliss-reactive ketones (excluding diaryl/α,β-unsaturated/α-hetero) is 1. The zero-order valence-electron chi connectivity index (χ0n) is 13.9. The number of nitrogens with one attached hydrogen (secondary N) is 1. The van der Waals surface area contributed by atoms with Crippen molar-refractivity contribution in [1.82, 2.24) is 5.32 Å². The summed E-state index contributed by atoms with van der Waals surface area (Å²) < 4.78 is 5.11. The van der Waals surface area contributed by atoms with Crippen LogP contribution in [0.25, 0.3) is 0 Å². The third-order valence-corrected chi connectivity index (χ3v) is 4.79. The molecule has 1 unspecified atom stereocenters. The van der Waals surface area contributed by atoms with Crippen molar-refractivity contribution in [1.29, 1.82) is 0 Å². The lowest BCUT2D eigenvalue weighted by atomic mass is 9.99. The van der Waals surface area contributed by atoms with E-state index in [9.17, 15) is 9.59 Å². The maximum absolute atomic E-state index is 12.5. The fourth-order valence-electron chi connectivity index (χ4n) is 2.40. The van der Waals surface area contributed by atoms with Gasteiger partial charge in [0.25, 0.3) is 0 Å². The molecule has 2 aromatic rings. The summed E-state index contributed by atoms with van der Waals surface area (Å²) in [4.78, 5) is 24.6. The van der Waals surface area contributed by atoms with Gasteiger partial charge in [-0.3, -0.25) is 9.59 Å². The molecule has 1 aromatic heterocycles. The number of amides is 1. The summed E-state index contributed by atoms with van der Waals surface area (Å²) in [7, 11) is 0. The average Bonchev–Trinajstić information content (AvgIpc) is 3.20. The number of nitrogens with zero attached hydrogens (tertiary/aromatic N) is 2. The zero-order valence-corrected chi connectivity index (χ0v) is 14.7. The minimum Gasteiger partial charge on any atom is -0.463 e. The number of carbonyl (C=O) groups is 2. The van der Waals surface area contributed by atoms with Gasteiger partial charge >= 0.3 is 0 Å². The Morgan fingerprint density at radius 2 is 2.20 bits per heavy atom. The van der Waals surface area contributed by atoms with Crippen LogP contribution >= 0.6 is 11.8 Å². The number of hydrogen-bond donors (Lipinski definition) is 1. The van der Waals surface area contributed by atoms with Gasteiger partial charge in [-0.1, -0.05) is 29.5 Å². The number of rotatable bonds is 5.